The van der Waals surface area contributed by atoms with E-state index in [1.165, 1.54) is 5.56 Å². The van der Waals surface area contributed by atoms with Crippen molar-refractivity contribution in [2.75, 3.05) is 33.3 Å². The third-order valence-electron chi connectivity index (χ3n) is 3.38. The minimum absolute atomic E-state index is 0.384. The molecule has 0 heterocycles. The van der Waals surface area contributed by atoms with Crippen LogP contribution in [0.5, 0.6) is 5.75 Å². The quantitative estimate of drug-likeness (QED) is 0.767. The van der Waals surface area contributed by atoms with Gasteiger partial charge in [0.25, 0.3) is 0 Å². The molecule has 0 spiro atoms. The monoisotopic (exact) mass is 250 g/mol. The SMILES string of the molecule is CCN(CC)CCOc1ccc(C(C)NC)cc1. The van der Waals surface area contributed by atoms with Crippen LogP contribution in [0.1, 0.15) is 32.4 Å². The second-order valence-electron chi connectivity index (χ2n) is 4.45. The molecular formula is C15H26N2O. The highest BCUT2D eigenvalue weighted by Gasteiger charge is 2.03. The largest absolute Gasteiger partial charge is 0.492 e. The molecule has 0 aliphatic heterocycles. The summed E-state index contributed by atoms with van der Waals surface area (Å²) in [6, 6.07) is 8.72. The highest BCUT2D eigenvalue weighted by atomic mass is 16.5. The summed E-state index contributed by atoms with van der Waals surface area (Å²) in [5.74, 6) is 0.953. The van der Waals surface area contributed by atoms with Gasteiger partial charge in [0.2, 0.25) is 0 Å². The standard InChI is InChI=1S/C15H26N2O/c1-5-17(6-2)11-12-18-15-9-7-14(8-10-15)13(3)16-4/h7-10,13,16H,5-6,11-12H2,1-4H3. The van der Waals surface area contributed by atoms with E-state index in [2.05, 4.69) is 43.1 Å². The number of hydrogen-bond acceptors (Lipinski definition) is 3. The Balaban J connectivity index is 2.39. The minimum atomic E-state index is 0.384. The Hall–Kier alpha value is -1.06. The Bertz CT molecular complexity index is 320. The first-order chi connectivity index (χ1) is 8.71. The smallest absolute Gasteiger partial charge is 0.119 e. The summed E-state index contributed by atoms with van der Waals surface area (Å²) >= 11 is 0. The molecule has 3 heteroatoms. The maximum atomic E-state index is 5.75. The molecule has 0 aromatic heterocycles. The molecular weight excluding hydrogens is 224 g/mol. The number of likely N-dealkylation sites (N-methyl/N-ethyl adjacent to an activating group) is 1. The number of nitrogens with one attached hydrogen (secondary N) is 1. The van der Waals surface area contributed by atoms with E-state index in [4.69, 9.17) is 4.74 Å². The van der Waals surface area contributed by atoms with E-state index in [0.717, 1.165) is 32.0 Å². The van der Waals surface area contributed by atoms with Crippen LogP contribution in [0.15, 0.2) is 24.3 Å². The van der Waals surface area contributed by atoms with Crippen molar-refractivity contribution in [3.8, 4) is 5.75 Å². The van der Waals surface area contributed by atoms with Crippen molar-refractivity contribution >= 4 is 0 Å². The summed E-state index contributed by atoms with van der Waals surface area (Å²) in [5, 5.41) is 3.23. The summed E-state index contributed by atoms with van der Waals surface area (Å²) < 4.78 is 5.75. The zero-order chi connectivity index (χ0) is 13.4. The van der Waals surface area contributed by atoms with Gasteiger partial charge in [-0.2, -0.15) is 0 Å². The van der Waals surface area contributed by atoms with Gasteiger partial charge in [-0.3, -0.25) is 0 Å². The third kappa shape index (κ3) is 4.67. The van der Waals surface area contributed by atoms with Gasteiger partial charge in [-0.15, -0.1) is 0 Å². The van der Waals surface area contributed by atoms with Gasteiger partial charge in [0, 0.05) is 12.6 Å². The first kappa shape index (κ1) is 15.0. The van der Waals surface area contributed by atoms with Crippen molar-refractivity contribution < 1.29 is 4.74 Å². The minimum Gasteiger partial charge on any atom is -0.492 e. The lowest BCUT2D eigenvalue weighted by Crippen LogP contribution is -2.27. The Kier molecular flexibility index (Phi) is 6.76. The molecule has 0 saturated carbocycles. The van der Waals surface area contributed by atoms with Crippen molar-refractivity contribution in [1.29, 1.82) is 0 Å². The molecule has 1 N–H and O–H groups in total. The van der Waals surface area contributed by atoms with Crippen molar-refractivity contribution in [3.63, 3.8) is 0 Å². The second-order valence-corrected chi connectivity index (χ2v) is 4.45. The van der Waals surface area contributed by atoms with Gasteiger partial charge < -0.3 is 15.0 Å². The zero-order valence-corrected chi connectivity index (χ0v) is 12.1. The van der Waals surface area contributed by atoms with Gasteiger partial charge in [0.1, 0.15) is 12.4 Å². The fourth-order valence-corrected chi connectivity index (χ4v) is 1.85. The zero-order valence-electron chi connectivity index (χ0n) is 12.1. The third-order valence-corrected chi connectivity index (χ3v) is 3.38. The molecule has 1 atom stereocenters. The molecule has 3 nitrogen and oxygen atoms in total. The lowest BCUT2D eigenvalue weighted by atomic mass is 10.1. The van der Waals surface area contributed by atoms with Gasteiger partial charge >= 0.3 is 0 Å². The average Bonchev–Trinajstić information content (AvgIpc) is 2.43. The van der Waals surface area contributed by atoms with E-state index >= 15 is 0 Å². The molecule has 0 bridgehead atoms. The van der Waals surface area contributed by atoms with E-state index in [1.54, 1.807) is 0 Å². The molecule has 1 rings (SSSR count). The molecule has 0 aliphatic rings. The van der Waals surface area contributed by atoms with E-state index < -0.39 is 0 Å². The van der Waals surface area contributed by atoms with E-state index in [-0.39, 0.29) is 0 Å². The summed E-state index contributed by atoms with van der Waals surface area (Å²) in [6.45, 7) is 10.4. The van der Waals surface area contributed by atoms with Crippen LogP contribution in [0.25, 0.3) is 0 Å². The second kappa shape index (κ2) is 8.11. The van der Waals surface area contributed by atoms with E-state index in [9.17, 15) is 0 Å². The van der Waals surface area contributed by atoms with E-state index in [1.807, 2.05) is 19.2 Å². The first-order valence-electron chi connectivity index (χ1n) is 6.83. The first-order valence-corrected chi connectivity index (χ1v) is 6.83. The predicted molar refractivity (Wildman–Crippen MR) is 77.2 cm³/mol. The maximum Gasteiger partial charge on any atom is 0.119 e. The van der Waals surface area contributed by atoms with Crippen molar-refractivity contribution in [2.24, 2.45) is 0 Å². The lowest BCUT2D eigenvalue weighted by molar-refractivity contribution is 0.223. The summed E-state index contributed by atoms with van der Waals surface area (Å²) in [5.41, 5.74) is 1.29. The molecule has 0 amide bonds. The molecule has 18 heavy (non-hydrogen) atoms. The van der Waals surface area contributed by atoms with Crippen molar-refractivity contribution in [3.05, 3.63) is 29.8 Å². The molecule has 0 aliphatic carbocycles. The number of benzene rings is 1. The summed E-state index contributed by atoms with van der Waals surface area (Å²) in [4.78, 5) is 2.36. The molecule has 0 radical (unpaired) electrons. The normalized spacial score (nSPS) is 12.7. The molecule has 0 saturated heterocycles. The van der Waals surface area contributed by atoms with Gasteiger partial charge in [-0.25, -0.2) is 0 Å². The van der Waals surface area contributed by atoms with Crippen LogP contribution in [-0.2, 0) is 0 Å². The number of ether oxygens (including phenoxy) is 1. The number of hydrogen-bond donors (Lipinski definition) is 1. The molecule has 0 fully saturated rings. The van der Waals surface area contributed by atoms with Crippen LogP contribution < -0.4 is 10.1 Å². The Morgan fingerprint density at radius 1 is 1.17 bits per heavy atom. The van der Waals surface area contributed by atoms with Crippen molar-refractivity contribution in [1.82, 2.24) is 10.2 Å². The summed E-state index contributed by atoms with van der Waals surface area (Å²) in [7, 11) is 1.97. The number of nitrogens with zero attached hydrogens (tertiary/aromatic N) is 1. The van der Waals surface area contributed by atoms with Crippen LogP contribution in [0, 0.1) is 0 Å². The Labute approximate surface area is 111 Å². The topological polar surface area (TPSA) is 24.5 Å². The van der Waals surface area contributed by atoms with Crippen LogP contribution >= 0.6 is 0 Å². The fraction of sp³-hybridized carbons (Fsp3) is 0.600. The van der Waals surface area contributed by atoms with Gasteiger partial charge in [-0.05, 0) is 44.8 Å². The van der Waals surface area contributed by atoms with Gasteiger partial charge in [0.05, 0.1) is 0 Å². The highest BCUT2D eigenvalue weighted by molar-refractivity contribution is 5.28. The van der Waals surface area contributed by atoms with Crippen molar-refractivity contribution in [2.45, 2.75) is 26.8 Å². The fourth-order valence-electron chi connectivity index (χ4n) is 1.85. The van der Waals surface area contributed by atoms with Crippen LogP contribution in [0.3, 0.4) is 0 Å². The lowest BCUT2D eigenvalue weighted by Gasteiger charge is -2.18. The van der Waals surface area contributed by atoms with Crippen LogP contribution in [0.4, 0.5) is 0 Å². The number of rotatable bonds is 8. The average molecular weight is 250 g/mol. The van der Waals surface area contributed by atoms with Crippen LogP contribution in [-0.4, -0.2) is 38.2 Å². The maximum absolute atomic E-state index is 5.75. The van der Waals surface area contributed by atoms with Crippen LogP contribution in [0.2, 0.25) is 0 Å². The molecule has 1 aromatic rings. The van der Waals surface area contributed by atoms with Gasteiger partial charge in [-0.1, -0.05) is 26.0 Å². The van der Waals surface area contributed by atoms with Gasteiger partial charge in [0.15, 0.2) is 0 Å². The molecule has 1 aromatic carbocycles. The Morgan fingerprint density at radius 3 is 2.28 bits per heavy atom. The molecule has 102 valence electrons. The van der Waals surface area contributed by atoms with E-state index in [0.29, 0.717) is 6.04 Å². The predicted octanol–water partition coefficient (Wildman–Crippen LogP) is 2.69. The highest BCUT2D eigenvalue weighted by Crippen LogP contribution is 2.17. The molecule has 1 unspecified atom stereocenters. The Morgan fingerprint density at radius 2 is 1.78 bits per heavy atom. The summed E-state index contributed by atoms with van der Waals surface area (Å²) in [6.07, 6.45) is 0.